The molecule has 2 heterocycles. The van der Waals surface area contributed by atoms with Crippen LogP contribution in [0.5, 0.6) is 5.75 Å². The molecule has 0 amide bonds. The van der Waals surface area contributed by atoms with Gasteiger partial charge in [-0.2, -0.15) is 5.10 Å². The quantitative estimate of drug-likeness (QED) is 0.475. The van der Waals surface area contributed by atoms with E-state index in [-0.39, 0.29) is 5.82 Å². The smallest absolute Gasteiger partial charge is 0.127 e. The van der Waals surface area contributed by atoms with E-state index in [1.54, 1.807) is 30.0 Å². The van der Waals surface area contributed by atoms with Crippen LogP contribution in [-0.2, 0) is 5.75 Å². The normalized spacial score (nSPS) is 11.0. The molecule has 0 N–H and O–H groups in total. The van der Waals surface area contributed by atoms with Gasteiger partial charge in [0, 0.05) is 23.7 Å². The van der Waals surface area contributed by atoms with E-state index in [1.165, 1.54) is 17.8 Å². The number of aromatic nitrogens is 3. The number of rotatable bonds is 5. The van der Waals surface area contributed by atoms with E-state index in [9.17, 15) is 4.39 Å². The van der Waals surface area contributed by atoms with E-state index in [0.29, 0.717) is 11.3 Å². The summed E-state index contributed by atoms with van der Waals surface area (Å²) in [6.45, 7) is 0. The molecule has 2 aromatic heterocycles. The van der Waals surface area contributed by atoms with Gasteiger partial charge in [0.2, 0.25) is 0 Å². The fourth-order valence-electron chi connectivity index (χ4n) is 2.67. The molecule has 130 valence electrons. The average Bonchev–Trinajstić information content (AvgIpc) is 3.12. The van der Waals surface area contributed by atoms with E-state index in [4.69, 9.17) is 4.74 Å². The van der Waals surface area contributed by atoms with E-state index < -0.39 is 0 Å². The Morgan fingerprint density at radius 2 is 1.92 bits per heavy atom. The zero-order valence-corrected chi connectivity index (χ0v) is 14.9. The third-order valence-corrected chi connectivity index (χ3v) is 5.11. The predicted octanol–water partition coefficient (Wildman–Crippen LogP) is 4.84. The van der Waals surface area contributed by atoms with Gasteiger partial charge in [0.25, 0.3) is 0 Å². The van der Waals surface area contributed by atoms with Crippen LogP contribution in [-0.4, -0.2) is 21.7 Å². The van der Waals surface area contributed by atoms with Crippen molar-refractivity contribution in [3.63, 3.8) is 0 Å². The van der Waals surface area contributed by atoms with Gasteiger partial charge in [-0.15, -0.1) is 0 Å². The van der Waals surface area contributed by atoms with Crippen molar-refractivity contribution in [2.24, 2.45) is 0 Å². The summed E-state index contributed by atoms with van der Waals surface area (Å²) in [5.41, 5.74) is 3.42. The molecule has 0 bridgehead atoms. The molecule has 0 spiro atoms. The standard InChI is InChI=1S/C20H16FN3OS/c1-25-16-8-6-14(7-9-16)18-12-19-20(22-10-11-24(19)23-18)26-13-15-4-2-3-5-17(15)21/h2-12H,13H2,1H3. The topological polar surface area (TPSA) is 39.4 Å². The molecule has 2 aromatic carbocycles. The maximum atomic E-state index is 13.8. The first-order valence-corrected chi connectivity index (χ1v) is 9.08. The lowest BCUT2D eigenvalue weighted by Gasteiger charge is -2.04. The largest absolute Gasteiger partial charge is 0.497 e. The number of nitrogens with zero attached hydrogens (tertiary/aromatic N) is 3. The molecule has 0 aliphatic carbocycles. The first-order chi connectivity index (χ1) is 12.7. The van der Waals surface area contributed by atoms with Crippen LogP contribution in [0.4, 0.5) is 4.39 Å². The minimum atomic E-state index is -0.195. The van der Waals surface area contributed by atoms with Crippen molar-refractivity contribution in [1.82, 2.24) is 14.6 Å². The first-order valence-electron chi connectivity index (χ1n) is 8.09. The number of ether oxygens (including phenoxy) is 1. The van der Waals surface area contributed by atoms with Gasteiger partial charge in [-0.25, -0.2) is 13.9 Å². The minimum Gasteiger partial charge on any atom is -0.497 e. The first kappa shape index (κ1) is 16.6. The number of thioether (sulfide) groups is 1. The van der Waals surface area contributed by atoms with E-state index in [0.717, 1.165) is 27.5 Å². The highest BCUT2D eigenvalue weighted by molar-refractivity contribution is 7.98. The van der Waals surface area contributed by atoms with Gasteiger partial charge >= 0.3 is 0 Å². The monoisotopic (exact) mass is 365 g/mol. The molecule has 0 fully saturated rings. The Morgan fingerprint density at radius 3 is 2.69 bits per heavy atom. The summed E-state index contributed by atoms with van der Waals surface area (Å²) in [6, 6.07) is 16.6. The summed E-state index contributed by atoms with van der Waals surface area (Å²) in [6.07, 6.45) is 3.52. The number of hydrogen-bond acceptors (Lipinski definition) is 4. The highest BCUT2D eigenvalue weighted by Crippen LogP contribution is 2.29. The molecule has 0 aliphatic heterocycles. The SMILES string of the molecule is COc1ccc(-c2cc3c(SCc4ccccc4F)nccn3n2)cc1. The van der Waals surface area contributed by atoms with Gasteiger partial charge in [0.15, 0.2) is 0 Å². The molecule has 4 aromatic rings. The van der Waals surface area contributed by atoms with E-state index in [1.807, 2.05) is 42.6 Å². The Hall–Kier alpha value is -2.86. The highest BCUT2D eigenvalue weighted by atomic mass is 32.2. The summed E-state index contributed by atoms with van der Waals surface area (Å²) in [4.78, 5) is 4.45. The second-order valence-electron chi connectivity index (χ2n) is 5.70. The Bertz CT molecular complexity index is 1050. The number of hydrogen-bond donors (Lipinski definition) is 0. The van der Waals surface area contributed by atoms with Crippen LogP contribution in [0.3, 0.4) is 0 Å². The summed E-state index contributed by atoms with van der Waals surface area (Å²) in [7, 11) is 1.64. The van der Waals surface area contributed by atoms with Gasteiger partial charge in [0.1, 0.15) is 16.6 Å². The van der Waals surface area contributed by atoms with Crippen LogP contribution in [0.2, 0.25) is 0 Å². The third-order valence-electron chi connectivity index (χ3n) is 4.06. The molecule has 0 aliphatic rings. The molecule has 0 atom stereocenters. The molecule has 26 heavy (non-hydrogen) atoms. The van der Waals surface area contributed by atoms with Gasteiger partial charge in [0.05, 0.1) is 18.3 Å². The van der Waals surface area contributed by atoms with Crippen molar-refractivity contribution in [1.29, 1.82) is 0 Å². The van der Waals surface area contributed by atoms with Crippen LogP contribution in [0.1, 0.15) is 5.56 Å². The second-order valence-corrected chi connectivity index (χ2v) is 6.66. The molecule has 6 heteroatoms. The maximum absolute atomic E-state index is 13.8. The Morgan fingerprint density at radius 1 is 1.12 bits per heavy atom. The lowest BCUT2D eigenvalue weighted by Crippen LogP contribution is -1.92. The predicted molar refractivity (Wildman–Crippen MR) is 101 cm³/mol. The summed E-state index contributed by atoms with van der Waals surface area (Å²) in [5.74, 6) is 1.13. The van der Waals surface area contributed by atoms with Crippen LogP contribution in [0.15, 0.2) is 72.0 Å². The molecular formula is C20H16FN3OS. The number of fused-ring (bicyclic) bond motifs is 1. The van der Waals surface area contributed by atoms with Crippen molar-refractivity contribution >= 4 is 17.3 Å². The zero-order valence-electron chi connectivity index (χ0n) is 14.1. The second kappa shape index (κ2) is 7.17. The van der Waals surface area contributed by atoms with Gasteiger partial charge in [-0.05, 0) is 42.0 Å². The Balaban J connectivity index is 1.64. The molecule has 0 unspecified atom stereocenters. The lowest BCUT2D eigenvalue weighted by atomic mass is 10.1. The van der Waals surface area contributed by atoms with Gasteiger partial charge < -0.3 is 4.74 Å². The number of methoxy groups -OCH3 is 1. The summed E-state index contributed by atoms with van der Waals surface area (Å²) in [5, 5.41) is 5.44. The van der Waals surface area contributed by atoms with Gasteiger partial charge in [-0.1, -0.05) is 30.0 Å². The van der Waals surface area contributed by atoms with E-state index >= 15 is 0 Å². The van der Waals surface area contributed by atoms with Crippen molar-refractivity contribution in [2.75, 3.05) is 7.11 Å². The maximum Gasteiger partial charge on any atom is 0.127 e. The highest BCUT2D eigenvalue weighted by Gasteiger charge is 2.11. The minimum absolute atomic E-state index is 0.195. The van der Waals surface area contributed by atoms with Crippen LogP contribution in [0.25, 0.3) is 16.8 Å². The van der Waals surface area contributed by atoms with Crippen molar-refractivity contribution in [2.45, 2.75) is 10.8 Å². The molecular weight excluding hydrogens is 349 g/mol. The number of benzene rings is 2. The fraction of sp³-hybridized carbons (Fsp3) is 0.100. The number of halogens is 1. The van der Waals surface area contributed by atoms with E-state index in [2.05, 4.69) is 10.1 Å². The molecule has 0 saturated heterocycles. The Labute approximate surface area is 154 Å². The van der Waals surface area contributed by atoms with Crippen LogP contribution < -0.4 is 4.74 Å². The molecule has 0 radical (unpaired) electrons. The van der Waals surface area contributed by atoms with Crippen molar-refractivity contribution < 1.29 is 9.13 Å². The van der Waals surface area contributed by atoms with Crippen molar-refractivity contribution in [3.8, 4) is 17.0 Å². The fourth-order valence-corrected chi connectivity index (χ4v) is 3.64. The third kappa shape index (κ3) is 3.28. The lowest BCUT2D eigenvalue weighted by molar-refractivity contribution is 0.415. The molecule has 0 saturated carbocycles. The van der Waals surface area contributed by atoms with Crippen LogP contribution in [0, 0.1) is 5.82 Å². The zero-order chi connectivity index (χ0) is 17.9. The summed E-state index contributed by atoms with van der Waals surface area (Å²) >= 11 is 1.50. The van der Waals surface area contributed by atoms with Crippen molar-refractivity contribution in [3.05, 3.63) is 78.4 Å². The average molecular weight is 365 g/mol. The van der Waals surface area contributed by atoms with Crippen LogP contribution >= 0.6 is 11.8 Å². The van der Waals surface area contributed by atoms with Gasteiger partial charge in [-0.3, -0.25) is 0 Å². The molecule has 4 rings (SSSR count). The Kier molecular flexibility index (Phi) is 4.58. The summed E-state index contributed by atoms with van der Waals surface area (Å²) < 4.78 is 20.8. The molecule has 4 nitrogen and oxygen atoms in total.